The molecule has 0 saturated carbocycles. The quantitative estimate of drug-likeness (QED) is 0.633. The lowest BCUT2D eigenvalue weighted by molar-refractivity contribution is -0.159. The molecule has 2 N–H and O–H groups in total. The van der Waals surface area contributed by atoms with E-state index in [0.717, 1.165) is 50.5 Å². The van der Waals surface area contributed by atoms with E-state index in [1.807, 2.05) is 29.2 Å². The summed E-state index contributed by atoms with van der Waals surface area (Å²) in [5, 5.41) is 14.8. The summed E-state index contributed by atoms with van der Waals surface area (Å²) in [5.41, 5.74) is 2.36. The Kier molecular flexibility index (Phi) is 10.2. The molecule has 0 aliphatic carbocycles. The number of nitrogens with zero attached hydrogens (tertiary/aromatic N) is 2. The molecule has 1 amide bonds. The number of carbonyl (C=O) groups excluding carboxylic acids is 1. The first-order chi connectivity index (χ1) is 15.4. The van der Waals surface area contributed by atoms with E-state index in [9.17, 15) is 4.79 Å². The van der Waals surface area contributed by atoms with Crippen LogP contribution in [0.1, 0.15) is 17.5 Å². The Morgan fingerprint density at radius 1 is 0.875 bits per heavy atom. The van der Waals surface area contributed by atoms with Crippen LogP contribution in [0.2, 0.25) is 0 Å². The van der Waals surface area contributed by atoms with Gasteiger partial charge in [0.25, 0.3) is 0 Å². The number of aliphatic carboxylic acids is 2. The first-order valence-electron chi connectivity index (χ1n) is 10.5. The average molecular weight is 443 g/mol. The van der Waals surface area contributed by atoms with Crippen LogP contribution in [0.3, 0.4) is 0 Å². The van der Waals surface area contributed by atoms with Gasteiger partial charge < -0.3 is 19.8 Å². The largest absolute Gasteiger partial charge is 0.496 e. The number of para-hydroxylation sites is 1. The van der Waals surface area contributed by atoms with E-state index in [1.54, 1.807) is 7.11 Å². The van der Waals surface area contributed by atoms with Gasteiger partial charge in [0, 0.05) is 31.7 Å². The van der Waals surface area contributed by atoms with E-state index in [1.165, 1.54) is 12.0 Å². The van der Waals surface area contributed by atoms with E-state index in [-0.39, 0.29) is 5.91 Å². The van der Waals surface area contributed by atoms with Gasteiger partial charge >= 0.3 is 11.9 Å². The van der Waals surface area contributed by atoms with Crippen molar-refractivity contribution in [2.24, 2.45) is 0 Å². The highest BCUT2D eigenvalue weighted by atomic mass is 16.5. The van der Waals surface area contributed by atoms with E-state index in [0.29, 0.717) is 6.42 Å². The summed E-state index contributed by atoms with van der Waals surface area (Å²) in [4.78, 5) is 35.2. The molecular formula is C24H30N2O6. The van der Waals surface area contributed by atoms with Crippen LogP contribution in [0, 0.1) is 0 Å². The molecule has 0 unspecified atom stereocenters. The third-order valence-electron chi connectivity index (χ3n) is 5.22. The van der Waals surface area contributed by atoms with Gasteiger partial charge in [-0.15, -0.1) is 0 Å². The second-order valence-corrected chi connectivity index (χ2v) is 7.41. The lowest BCUT2D eigenvalue weighted by atomic mass is 10.1. The molecule has 3 rings (SSSR count). The molecule has 2 aromatic rings. The molecular weight excluding hydrogens is 412 g/mol. The molecule has 0 spiro atoms. The SMILES string of the molecule is COc1ccccc1CC(=O)N1CCN(CCCc2ccccc2)CC1.O=C(O)C(=O)O. The van der Waals surface area contributed by atoms with Crippen LogP contribution in [0.5, 0.6) is 5.75 Å². The number of methoxy groups -OCH3 is 1. The van der Waals surface area contributed by atoms with E-state index < -0.39 is 11.9 Å². The highest BCUT2D eigenvalue weighted by Gasteiger charge is 2.21. The minimum absolute atomic E-state index is 0.193. The summed E-state index contributed by atoms with van der Waals surface area (Å²) < 4.78 is 5.35. The van der Waals surface area contributed by atoms with E-state index in [4.69, 9.17) is 24.5 Å². The summed E-state index contributed by atoms with van der Waals surface area (Å²) in [7, 11) is 1.65. The van der Waals surface area contributed by atoms with Gasteiger partial charge in [-0.1, -0.05) is 48.5 Å². The standard InChI is InChI=1S/C22H28N2O2.C2H2O4/c1-26-21-12-6-5-11-20(21)18-22(25)24-16-14-23(15-17-24)13-7-10-19-8-3-2-4-9-19;3-1(4)2(5)6/h2-6,8-9,11-12H,7,10,13-18H2,1H3;(H,3,4)(H,5,6). The maximum Gasteiger partial charge on any atom is 0.414 e. The molecule has 172 valence electrons. The third-order valence-corrected chi connectivity index (χ3v) is 5.22. The Morgan fingerprint density at radius 3 is 2.06 bits per heavy atom. The first kappa shape index (κ1) is 24.9. The Bertz CT molecular complexity index is 867. The number of carboxylic acids is 2. The molecule has 0 bridgehead atoms. The molecule has 0 atom stereocenters. The zero-order chi connectivity index (χ0) is 23.3. The van der Waals surface area contributed by atoms with E-state index >= 15 is 0 Å². The van der Waals surface area contributed by atoms with Gasteiger partial charge in [0.1, 0.15) is 5.75 Å². The molecule has 1 saturated heterocycles. The first-order valence-corrected chi connectivity index (χ1v) is 10.5. The van der Waals surface area contributed by atoms with Crippen molar-refractivity contribution in [1.29, 1.82) is 0 Å². The average Bonchev–Trinajstić information content (AvgIpc) is 2.81. The maximum atomic E-state index is 12.6. The number of benzene rings is 2. The second kappa shape index (κ2) is 13.1. The van der Waals surface area contributed by atoms with E-state index in [2.05, 4.69) is 35.2 Å². The molecule has 8 nitrogen and oxygen atoms in total. The zero-order valence-corrected chi connectivity index (χ0v) is 18.3. The monoisotopic (exact) mass is 442 g/mol. The summed E-state index contributed by atoms with van der Waals surface area (Å²) in [6.45, 7) is 4.67. The summed E-state index contributed by atoms with van der Waals surface area (Å²) in [6.07, 6.45) is 2.70. The fourth-order valence-electron chi connectivity index (χ4n) is 3.50. The zero-order valence-electron chi connectivity index (χ0n) is 18.3. The molecule has 1 heterocycles. The van der Waals surface area contributed by atoms with Crippen LogP contribution in [-0.2, 0) is 27.2 Å². The number of hydrogen-bond acceptors (Lipinski definition) is 5. The number of carboxylic acid groups (broad SMARTS) is 2. The van der Waals surface area contributed by atoms with Gasteiger partial charge in [0.2, 0.25) is 5.91 Å². The molecule has 8 heteroatoms. The molecule has 2 aromatic carbocycles. The molecule has 32 heavy (non-hydrogen) atoms. The molecule has 0 radical (unpaired) electrons. The minimum Gasteiger partial charge on any atom is -0.496 e. The molecule has 1 aliphatic heterocycles. The summed E-state index contributed by atoms with van der Waals surface area (Å²) in [6, 6.07) is 18.4. The predicted molar refractivity (Wildman–Crippen MR) is 120 cm³/mol. The Labute approximate surface area is 188 Å². The number of amides is 1. The normalized spacial score (nSPS) is 13.6. The predicted octanol–water partition coefficient (Wildman–Crippen LogP) is 2.17. The number of piperazine rings is 1. The highest BCUT2D eigenvalue weighted by molar-refractivity contribution is 6.27. The van der Waals surface area contributed by atoms with Crippen molar-refractivity contribution in [2.75, 3.05) is 39.8 Å². The van der Waals surface area contributed by atoms with Crippen molar-refractivity contribution in [1.82, 2.24) is 9.80 Å². The van der Waals surface area contributed by atoms with Gasteiger partial charge in [-0.3, -0.25) is 9.69 Å². The Balaban J connectivity index is 0.000000534. The van der Waals surface area contributed by atoms with Gasteiger partial charge in [0.15, 0.2) is 0 Å². The second-order valence-electron chi connectivity index (χ2n) is 7.41. The van der Waals surface area contributed by atoms with Crippen LogP contribution in [-0.4, -0.2) is 77.7 Å². The van der Waals surface area contributed by atoms with Crippen LogP contribution in [0.15, 0.2) is 54.6 Å². The van der Waals surface area contributed by atoms with Crippen molar-refractivity contribution in [3.63, 3.8) is 0 Å². The number of ether oxygens (including phenoxy) is 1. The van der Waals surface area contributed by atoms with Crippen LogP contribution in [0.4, 0.5) is 0 Å². The van der Waals surface area contributed by atoms with Crippen molar-refractivity contribution in [3.8, 4) is 5.75 Å². The van der Waals surface area contributed by atoms with Gasteiger partial charge in [0.05, 0.1) is 13.5 Å². The number of carbonyl (C=O) groups is 3. The van der Waals surface area contributed by atoms with Crippen molar-refractivity contribution in [3.05, 3.63) is 65.7 Å². The van der Waals surface area contributed by atoms with Gasteiger partial charge in [-0.2, -0.15) is 0 Å². The van der Waals surface area contributed by atoms with Gasteiger partial charge in [-0.25, -0.2) is 9.59 Å². The van der Waals surface area contributed by atoms with Crippen LogP contribution < -0.4 is 4.74 Å². The molecule has 1 aliphatic rings. The Morgan fingerprint density at radius 2 is 1.47 bits per heavy atom. The lowest BCUT2D eigenvalue weighted by Crippen LogP contribution is -2.49. The van der Waals surface area contributed by atoms with Crippen LogP contribution in [0.25, 0.3) is 0 Å². The number of aryl methyl sites for hydroxylation is 1. The third kappa shape index (κ3) is 8.39. The topological polar surface area (TPSA) is 107 Å². The fourth-order valence-corrected chi connectivity index (χ4v) is 3.50. The highest BCUT2D eigenvalue weighted by Crippen LogP contribution is 2.19. The summed E-state index contributed by atoms with van der Waals surface area (Å²) >= 11 is 0. The van der Waals surface area contributed by atoms with Crippen molar-refractivity contribution < 1.29 is 29.3 Å². The summed E-state index contributed by atoms with van der Waals surface area (Å²) in [5.74, 6) is -2.66. The van der Waals surface area contributed by atoms with Crippen molar-refractivity contribution in [2.45, 2.75) is 19.3 Å². The fraction of sp³-hybridized carbons (Fsp3) is 0.375. The minimum atomic E-state index is -1.82. The number of rotatable bonds is 7. The lowest BCUT2D eigenvalue weighted by Gasteiger charge is -2.35. The Hall–Kier alpha value is -3.39. The van der Waals surface area contributed by atoms with Crippen molar-refractivity contribution >= 4 is 17.8 Å². The maximum absolute atomic E-state index is 12.6. The number of hydrogen-bond donors (Lipinski definition) is 2. The van der Waals surface area contributed by atoms with Gasteiger partial charge in [-0.05, 0) is 31.0 Å². The molecule has 0 aromatic heterocycles. The molecule has 1 fully saturated rings. The smallest absolute Gasteiger partial charge is 0.414 e. The van der Waals surface area contributed by atoms with Crippen LogP contribution >= 0.6 is 0 Å².